The van der Waals surface area contributed by atoms with Gasteiger partial charge >= 0.3 is 0 Å². The zero-order chi connectivity index (χ0) is 32.9. The van der Waals surface area contributed by atoms with Gasteiger partial charge in [-0.25, -0.2) is 8.42 Å². The molecule has 4 rings (SSSR count). The molecule has 4 aromatic rings. The van der Waals surface area contributed by atoms with Crippen molar-refractivity contribution >= 4 is 39.3 Å². The van der Waals surface area contributed by atoms with E-state index in [2.05, 4.69) is 5.32 Å². The Balaban J connectivity index is 1.82. The van der Waals surface area contributed by atoms with Crippen LogP contribution in [0.4, 0.5) is 5.69 Å². The minimum atomic E-state index is -4.24. The van der Waals surface area contributed by atoms with Gasteiger partial charge in [-0.15, -0.1) is 11.8 Å². The van der Waals surface area contributed by atoms with Crippen molar-refractivity contribution in [3.05, 3.63) is 120 Å². The summed E-state index contributed by atoms with van der Waals surface area (Å²) in [5.41, 5.74) is 1.93. The van der Waals surface area contributed by atoms with Crippen LogP contribution in [0.2, 0.25) is 0 Å². The Bertz CT molecular complexity index is 1670. The van der Waals surface area contributed by atoms with E-state index in [-0.39, 0.29) is 29.5 Å². The molecule has 0 aromatic heterocycles. The van der Waals surface area contributed by atoms with Crippen molar-refractivity contribution in [2.24, 2.45) is 0 Å². The Hall–Kier alpha value is -4.28. The van der Waals surface area contributed by atoms with Gasteiger partial charge in [0.2, 0.25) is 11.8 Å². The fourth-order valence-electron chi connectivity index (χ4n) is 5.03. The second kappa shape index (κ2) is 16.9. The Labute approximate surface area is 276 Å². The van der Waals surface area contributed by atoms with Crippen LogP contribution in [0.25, 0.3) is 0 Å². The van der Waals surface area contributed by atoms with Crippen molar-refractivity contribution in [1.29, 1.82) is 0 Å². The zero-order valence-electron chi connectivity index (χ0n) is 26.5. The summed E-state index contributed by atoms with van der Waals surface area (Å²) >= 11 is 1.50. The number of hydrogen-bond acceptors (Lipinski definition) is 6. The van der Waals surface area contributed by atoms with Crippen LogP contribution in [-0.2, 0) is 32.6 Å². The van der Waals surface area contributed by atoms with Crippen LogP contribution in [-0.4, -0.2) is 57.1 Å². The van der Waals surface area contributed by atoms with E-state index in [9.17, 15) is 18.0 Å². The van der Waals surface area contributed by atoms with Crippen LogP contribution < -0.4 is 14.4 Å². The SMILES string of the molecule is CCCNC(=O)[C@@H](Cc1ccccc1)N(Cc1ccccc1)C(=O)CN(c1ccccc1OCC)S(=O)(=O)c1ccc(SC)cc1. The van der Waals surface area contributed by atoms with Gasteiger partial charge in [0.25, 0.3) is 10.0 Å². The van der Waals surface area contributed by atoms with E-state index in [1.807, 2.05) is 80.8 Å². The first-order chi connectivity index (χ1) is 22.3. The van der Waals surface area contributed by atoms with Gasteiger partial charge in [-0.05, 0) is 67.1 Å². The molecular weight excluding hydrogens is 619 g/mol. The molecule has 0 radical (unpaired) electrons. The summed E-state index contributed by atoms with van der Waals surface area (Å²) in [5, 5.41) is 2.96. The largest absolute Gasteiger partial charge is 0.492 e. The summed E-state index contributed by atoms with van der Waals surface area (Å²) in [6.45, 7) is 4.09. The van der Waals surface area contributed by atoms with E-state index in [0.29, 0.717) is 18.9 Å². The van der Waals surface area contributed by atoms with Crippen molar-refractivity contribution < 1.29 is 22.7 Å². The summed E-state index contributed by atoms with van der Waals surface area (Å²) in [5.74, 6) is -0.489. The lowest BCUT2D eigenvalue weighted by Gasteiger charge is -2.34. The Morgan fingerprint density at radius 3 is 2.04 bits per heavy atom. The van der Waals surface area contributed by atoms with Crippen LogP contribution in [0.3, 0.4) is 0 Å². The van der Waals surface area contributed by atoms with Gasteiger partial charge in [-0.1, -0.05) is 79.7 Å². The molecule has 46 heavy (non-hydrogen) atoms. The van der Waals surface area contributed by atoms with Crippen LogP contribution in [0.15, 0.2) is 119 Å². The quantitative estimate of drug-likeness (QED) is 0.145. The van der Waals surface area contributed by atoms with Gasteiger partial charge < -0.3 is 15.0 Å². The highest BCUT2D eigenvalue weighted by Gasteiger charge is 2.35. The fraction of sp³-hybridized carbons (Fsp3) is 0.278. The van der Waals surface area contributed by atoms with Crippen molar-refractivity contribution in [2.75, 3.05) is 30.3 Å². The number of rotatable bonds is 16. The number of anilines is 1. The van der Waals surface area contributed by atoms with Gasteiger partial charge in [-0.3, -0.25) is 13.9 Å². The minimum Gasteiger partial charge on any atom is -0.492 e. The van der Waals surface area contributed by atoms with Crippen molar-refractivity contribution in [1.82, 2.24) is 10.2 Å². The fourth-order valence-corrected chi connectivity index (χ4v) is 6.86. The standard InChI is InChI=1S/C36H41N3O5S2/c1-4-24-37-36(41)33(25-28-14-8-6-9-15-28)38(26-29-16-10-7-11-17-29)35(40)27-39(32-18-12-13-19-34(32)44-5-2)46(42,43)31-22-20-30(45-3)21-23-31/h6-23,33H,4-5,24-27H2,1-3H3,(H,37,41)/t33-/m1/s1. The first-order valence-electron chi connectivity index (χ1n) is 15.3. The molecule has 4 aromatic carbocycles. The molecule has 0 aliphatic heterocycles. The number of nitrogens with zero attached hydrogens (tertiary/aromatic N) is 2. The Kier molecular flexibility index (Phi) is 12.7. The highest BCUT2D eigenvalue weighted by molar-refractivity contribution is 7.98. The molecule has 0 aliphatic carbocycles. The molecule has 8 nitrogen and oxygen atoms in total. The van der Waals surface area contributed by atoms with E-state index in [4.69, 9.17) is 4.74 Å². The number of sulfonamides is 1. The summed E-state index contributed by atoms with van der Waals surface area (Å²) in [6, 6.07) is 31.3. The van der Waals surface area contributed by atoms with Crippen molar-refractivity contribution in [3.8, 4) is 5.75 Å². The molecule has 0 aliphatic rings. The van der Waals surface area contributed by atoms with Crippen molar-refractivity contribution in [2.45, 2.75) is 49.1 Å². The lowest BCUT2D eigenvalue weighted by atomic mass is 10.0. The zero-order valence-corrected chi connectivity index (χ0v) is 28.1. The molecule has 10 heteroatoms. The van der Waals surface area contributed by atoms with Gasteiger partial charge in [0.05, 0.1) is 17.2 Å². The Morgan fingerprint density at radius 2 is 1.43 bits per heavy atom. The molecule has 0 saturated carbocycles. The molecule has 0 spiro atoms. The number of ether oxygens (including phenoxy) is 1. The monoisotopic (exact) mass is 659 g/mol. The predicted molar refractivity (Wildman–Crippen MR) is 185 cm³/mol. The number of nitrogens with one attached hydrogen (secondary N) is 1. The number of amides is 2. The third-order valence-electron chi connectivity index (χ3n) is 7.38. The highest BCUT2D eigenvalue weighted by atomic mass is 32.2. The normalized spacial score (nSPS) is 11.8. The number of benzene rings is 4. The maximum atomic E-state index is 14.6. The number of carbonyl (C=O) groups is 2. The second-order valence-electron chi connectivity index (χ2n) is 10.6. The molecule has 0 heterocycles. The van der Waals surface area contributed by atoms with Crippen LogP contribution in [0.5, 0.6) is 5.75 Å². The summed E-state index contributed by atoms with van der Waals surface area (Å²) in [6.07, 6.45) is 2.90. The third kappa shape index (κ3) is 8.92. The molecule has 0 unspecified atom stereocenters. The third-order valence-corrected chi connectivity index (χ3v) is 9.89. The van der Waals surface area contributed by atoms with Gasteiger partial charge in [0.15, 0.2) is 0 Å². The van der Waals surface area contributed by atoms with E-state index in [1.165, 1.54) is 16.7 Å². The lowest BCUT2D eigenvalue weighted by molar-refractivity contribution is -0.140. The first-order valence-corrected chi connectivity index (χ1v) is 18.0. The number of thioether (sulfide) groups is 1. The lowest BCUT2D eigenvalue weighted by Crippen LogP contribution is -2.53. The number of hydrogen-bond donors (Lipinski definition) is 1. The highest BCUT2D eigenvalue weighted by Crippen LogP contribution is 2.33. The topological polar surface area (TPSA) is 96.0 Å². The molecule has 2 amide bonds. The maximum Gasteiger partial charge on any atom is 0.264 e. The molecular formula is C36H41N3O5S2. The summed E-state index contributed by atoms with van der Waals surface area (Å²) in [4.78, 5) is 30.8. The van der Waals surface area contributed by atoms with Crippen LogP contribution in [0, 0.1) is 0 Å². The van der Waals surface area contributed by atoms with Gasteiger partial charge in [0, 0.05) is 24.4 Å². The van der Waals surface area contributed by atoms with E-state index >= 15 is 0 Å². The minimum absolute atomic E-state index is 0.0422. The summed E-state index contributed by atoms with van der Waals surface area (Å²) in [7, 11) is -4.24. The predicted octanol–water partition coefficient (Wildman–Crippen LogP) is 6.17. The Morgan fingerprint density at radius 1 is 0.826 bits per heavy atom. The maximum absolute atomic E-state index is 14.6. The molecule has 1 atom stereocenters. The van der Waals surface area contributed by atoms with Crippen LogP contribution >= 0.6 is 11.8 Å². The molecule has 0 saturated heterocycles. The second-order valence-corrected chi connectivity index (χ2v) is 13.3. The molecule has 0 fully saturated rings. The van der Waals surface area contributed by atoms with E-state index in [1.54, 1.807) is 48.5 Å². The van der Waals surface area contributed by atoms with E-state index < -0.39 is 28.5 Å². The van der Waals surface area contributed by atoms with Gasteiger partial charge in [-0.2, -0.15) is 0 Å². The first kappa shape index (κ1) is 34.6. The van der Waals surface area contributed by atoms with Gasteiger partial charge in [0.1, 0.15) is 18.3 Å². The average molecular weight is 660 g/mol. The summed E-state index contributed by atoms with van der Waals surface area (Å²) < 4.78 is 35.6. The average Bonchev–Trinajstić information content (AvgIpc) is 3.09. The van der Waals surface area contributed by atoms with E-state index in [0.717, 1.165) is 26.7 Å². The molecule has 242 valence electrons. The number of carbonyl (C=O) groups excluding carboxylic acids is 2. The molecule has 0 bridgehead atoms. The number of para-hydroxylation sites is 2. The van der Waals surface area contributed by atoms with Crippen molar-refractivity contribution in [3.63, 3.8) is 0 Å². The molecule has 1 N–H and O–H groups in total. The smallest absolute Gasteiger partial charge is 0.264 e. The van der Waals surface area contributed by atoms with Crippen LogP contribution in [0.1, 0.15) is 31.4 Å².